The SMILES string of the molecule is COCCC1COC2(CCN(C(=O)c3ccco3)C2)C1. The highest BCUT2D eigenvalue weighted by Gasteiger charge is 2.46. The van der Waals surface area contributed by atoms with Crippen LogP contribution in [0.2, 0.25) is 0 Å². The van der Waals surface area contributed by atoms with Gasteiger partial charge in [0.2, 0.25) is 0 Å². The summed E-state index contributed by atoms with van der Waals surface area (Å²) in [6.45, 7) is 2.98. The molecule has 3 rings (SSSR count). The van der Waals surface area contributed by atoms with Crippen molar-refractivity contribution in [3.63, 3.8) is 0 Å². The van der Waals surface area contributed by atoms with Gasteiger partial charge in [-0.3, -0.25) is 4.79 Å². The third-order valence-electron chi connectivity index (χ3n) is 4.35. The number of rotatable bonds is 4. The molecule has 0 aromatic carbocycles. The zero-order chi connectivity index (χ0) is 14.0. The third-order valence-corrected chi connectivity index (χ3v) is 4.35. The minimum Gasteiger partial charge on any atom is -0.459 e. The highest BCUT2D eigenvalue weighted by molar-refractivity contribution is 5.91. The van der Waals surface area contributed by atoms with E-state index in [0.29, 0.717) is 18.2 Å². The number of methoxy groups -OCH3 is 1. The van der Waals surface area contributed by atoms with E-state index in [0.717, 1.165) is 39.0 Å². The number of nitrogens with zero attached hydrogens (tertiary/aromatic N) is 1. The fourth-order valence-corrected chi connectivity index (χ4v) is 3.27. The van der Waals surface area contributed by atoms with E-state index < -0.39 is 0 Å². The van der Waals surface area contributed by atoms with Crippen molar-refractivity contribution in [3.8, 4) is 0 Å². The predicted octanol–water partition coefficient (Wildman–Crippen LogP) is 1.94. The Morgan fingerprint density at radius 2 is 2.50 bits per heavy atom. The molecule has 0 saturated carbocycles. The molecule has 0 N–H and O–H groups in total. The van der Waals surface area contributed by atoms with E-state index in [1.807, 2.05) is 4.90 Å². The molecular weight excluding hydrogens is 258 g/mol. The van der Waals surface area contributed by atoms with Gasteiger partial charge in [0.1, 0.15) is 0 Å². The van der Waals surface area contributed by atoms with Crippen molar-refractivity contribution >= 4 is 5.91 Å². The smallest absolute Gasteiger partial charge is 0.289 e. The van der Waals surface area contributed by atoms with Crippen molar-refractivity contribution in [2.75, 3.05) is 33.4 Å². The second-order valence-corrected chi connectivity index (χ2v) is 5.80. The second kappa shape index (κ2) is 5.58. The van der Waals surface area contributed by atoms with Crippen molar-refractivity contribution in [3.05, 3.63) is 24.2 Å². The molecule has 1 amide bonds. The second-order valence-electron chi connectivity index (χ2n) is 5.80. The van der Waals surface area contributed by atoms with E-state index in [4.69, 9.17) is 13.9 Å². The number of ether oxygens (including phenoxy) is 2. The van der Waals surface area contributed by atoms with Gasteiger partial charge < -0.3 is 18.8 Å². The average molecular weight is 279 g/mol. The van der Waals surface area contributed by atoms with Crippen LogP contribution in [0.3, 0.4) is 0 Å². The Morgan fingerprint density at radius 1 is 1.60 bits per heavy atom. The lowest BCUT2D eigenvalue weighted by Gasteiger charge is -2.23. The first kappa shape index (κ1) is 13.6. The highest BCUT2D eigenvalue weighted by atomic mass is 16.5. The van der Waals surface area contributed by atoms with Crippen LogP contribution in [-0.4, -0.2) is 49.8 Å². The lowest BCUT2D eigenvalue weighted by Crippen LogP contribution is -2.35. The number of hydrogen-bond acceptors (Lipinski definition) is 4. The predicted molar refractivity (Wildman–Crippen MR) is 72.5 cm³/mol. The van der Waals surface area contributed by atoms with Crippen LogP contribution in [0.25, 0.3) is 0 Å². The summed E-state index contributed by atoms with van der Waals surface area (Å²) >= 11 is 0. The Balaban J connectivity index is 1.58. The first-order valence-corrected chi connectivity index (χ1v) is 7.18. The van der Waals surface area contributed by atoms with Crippen LogP contribution in [0.5, 0.6) is 0 Å². The Bertz CT molecular complexity index is 458. The molecule has 1 aromatic rings. The first-order chi connectivity index (χ1) is 9.72. The summed E-state index contributed by atoms with van der Waals surface area (Å²) in [4.78, 5) is 14.1. The number of furan rings is 1. The van der Waals surface area contributed by atoms with Gasteiger partial charge in [0.05, 0.1) is 25.0 Å². The summed E-state index contributed by atoms with van der Waals surface area (Å²) in [5.74, 6) is 0.931. The fourth-order valence-electron chi connectivity index (χ4n) is 3.27. The van der Waals surface area contributed by atoms with Gasteiger partial charge in [-0.15, -0.1) is 0 Å². The molecule has 2 atom stereocenters. The summed E-state index contributed by atoms with van der Waals surface area (Å²) in [5.41, 5.74) is -0.138. The third kappa shape index (κ3) is 2.60. The molecule has 110 valence electrons. The molecule has 2 saturated heterocycles. The van der Waals surface area contributed by atoms with Gasteiger partial charge in [-0.1, -0.05) is 0 Å². The summed E-state index contributed by atoms with van der Waals surface area (Å²) in [5, 5.41) is 0. The number of likely N-dealkylation sites (tertiary alicyclic amines) is 1. The molecule has 3 heterocycles. The quantitative estimate of drug-likeness (QED) is 0.845. The topological polar surface area (TPSA) is 51.9 Å². The Morgan fingerprint density at radius 3 is 3.25 bits per heavy atom. The molecule has 2 fully saturated rings. The Labute approximate surface area is 118 Å². The van der Waals surface area contributed by atoms with E-state index in [2.05, 4.69) is 0 Å². The zero-order valence-corrected chi connectivity index (χ0v) is 11.8. The van der Waals surface area contributed by atoms with E-state index in [9.17, 15) is 4.79 Å². The summed E-state index contributed by atoms with van der Waals surface area (Å²) in [7, 11) is 1.73. The zero-order valence-electron chi connectivity index (χ0n) is 11.8. The van der Waals surface area contributed by atoms with E-state index in [1.54, 1.807) is 19.2 Å². The standard InChI is InChI=1S/C15H21NO4/c1-18-8-4-12-9-15(20-10-12)5-6-16(11-15)14(17)13-3-2-7-19-13/h2-3,7,12H,4-6,8-11H2,1H3. The minimum absolute atomic E-state index is 0.0317. The van der Waals surface area contributed by atoms with E-state index in [-0.39, 0.29) is 11.5 Å². The van der Waals surface area contributed by atoms with Crippen LogP contribution in [-0.2, 0) is 9.47 Å². The Kier molecular flexibility index (Phi) is 3.81. The highest BCUT2D eigenvalue weighted by Crippen LogP contribution is 2.39. The van der Waals surface area contributed by atoms with Gasteiger partial charge >= 0.3 is 0 Å². The maximum Gasteiger partial charge on any atom is 0.289 e. The average Bonchev–Trinajstić information content (AvgIpc) is 3.18. The first-order valence-electron chi connectivity index (χ1n) is 7.18. The molecule has 0 bridgehead atoms. The molecule has 2 aliphatic rings. The summed E-state index contributed by atoms with van der Waals surface area (Å²) in [6, 6.07) is 3.45. The lowest BCUT2D eigenvalue weighted by molar-refractivity contribution is 0.0110. The molecule has 1 aromatic heterocycles. The van der Waals surface area contributed by atoms with Crippen molar-refractivity contribution in [1.82, 2.24) is 4.90 Å². The van der Waals surface area contributed by atoms with Crippen molar-refractivity contribution < 1.29 is 18.7 Å². The molecule has 5 nitrogen and oxygen atoms in total. The maximum atomic E-state index is 12.3. The Hall–Kier alpha value is -1.33. The largest absolute Gasteiger partial charge is 0.459 e. The van der Waals surface area contributed by atoms with Crippen molar-refractivity contribution in [2.24, 2.45) is 5.92 Å². The van der Waals surface area contributed by atoms with Crippen LogP contribution >= 0.6 is 0 Å². The molecule has 2 aliphatic heterocycles. The van der Waals surface area contributed by atoms with Crippen LogP contribution < -0.4 is 0 Å². The van der Waals surface area contributed by atoms with Gasteiger partial charge in [0.15, 0.2) is 5.76 Å². The lowest BCUT2D eigenvalue weighted by atomic mass is 9.92. The molecular formula is C15H21NO4. The van der Waals surface area contributed by atoms with Crippen LogP contribution in [0.1, 0.15) is 29.8 Å². The van der Waals surface area contributed by atoms with E-state index in [1.165, 1.54) is 6.26 Å². The van der Waals surface area contributed by atoms with Crippen molar-refractivity contribution in [2.45, 2.75) is 24.9 Å². The van der Waals surface area contributed by atoms with Crippen LogP contribution in [0.4, 0.5) is 0 Å². The van der Waals surface area contributed by atoms with Gasteiger partial charge in [-0.2, -0.15) is 0 Å². The number of hydrogen-bond donors (Lipinski definition) is 0. The van der Waals surface area contributed by atoms with Gasteiger partial charge in [-0.05, 0) is 37.3 Å². The molecule has 20 heavy (non-hydrogen) atoms. The number of carbonyl (C=O) groups excluding carboxylic acids is 1. The van der Waals surface area contributed by atoms with E-state index >= 15 is 0 Å². The number of carbonyl (C=O) groups is 1. The monoisotopic (exact) mass is 279 g/mol. The van der Waals surface area contributed by atoms with Crippen LogP contribution in [0.15, 0.2) is 22.8 Å². The minimum atomic E-state index is -0.138. The van der Waals surface area contributed by atoms with Gasteiger partial charge in [0, 0.05) is 20.3 Å². The molecule has 0 radical (unpaired) electrons. The summed E-state index contributed by atoms with van der Waals surface area (Å²) in [6.07, 6.45) is 4.51. The molecule has 0 aliphatic carbocycles. The number of amides is 1. The molecule has 1 spiro atoms. The van der Waals surface area contributed by atoms with Gasteiger partial charge in [0.25, 0.3) is 5.91 Å². The van der Waals surface area contributed by atoms with Crippen molar-refractivity contribution in [1.29, 1.82) is 0 Å². The summed E-state index contributed by atoms with van der Waals surface area (Å²) < 4.78 is 16.3. The molecule has 2 unspecified atom stereocenters. The van der Waals surface area contributed by atoms with Crippen LogP contribution in [0, 0.1) is 5.92 Å². The maximum absolute atomic E-state index is 12.3. The van der Waals surface area contributed by atoms with Gasteiger partial charge in [-0.25, -0.2) is 0 Å². The molecule has 5 heteroatoms. The fraction of sp³-hybridized carbons (Fsp3) is 0.667. The normalized spacial score (nSPS) is 29.4.